The average molecular weight is 693 g/mol. The third kappa shape index (κ3) is 8.16. The van der Waals surface area contributed by atoms with Crippen LogP contribution < -0.4 is 5.32 Å². The van der Waals surface area contributed by atoms with Gasteiger partial charge in [0.1, 0.15) is 0 Å². The highest BCUT2D eigenvalue weighted by molar-refractivity contribution is 6.13. The van der Waals surface area contributed by atoms with Gasteiger partial charge in [0.05, 0.1) is 24.4 Å². The zero-order chi connectivity index (χ0) is 36.2. The first-order valence-corrected chi connectivity index (χ1v) is 19.0. The number of amides is 2. The molecule has 3 aromatic carbocycles. The summed E-state index contributed by atoms with van der Waals surface area (Å²) in [5.74, 6) is -0.198. The number of allylic oxidation sites excluding steroid dienone is 2. The van der Waals surface area contributed by atoms with E-state index in [4.69, 9.17) is 4.74 Å². The lowest BCUT2D eigenvalue weighted by atomic mass is 9.64. The normalized spacial score (nSPS) is 26.7. The number of aliphatic hydroxyl groups excluding tert-OH is 1. The molecule has 1 saturated carbocycles. The van der Waals surface area contributed by atoms with Crippen LogP contribution in [0.15, 0.2) is 84.4 Å². The highest BCUT2D eigenvalue weighted by atomic mass is 16.5. The zero-order valence-electron chi connectivity index (χ0n) is 30.9. The van der Waals surface area contributed by atoms with Crippen molar-refractivity contribution in [2.24, 2.45) is 5.41 Å². The smallest absolute Gasteiger partial charge is 0.317 e. The molecule has 3 aliphatic carbocycles. The summed E-state index contributed by atoms with van der Waals surface area (Å²) in [6.45, 7) is 9.50. The summed E-state index contributed by atoms with van der Waals surface area (Å²) in [6, 6.07) is 23.7. The van der Waals surface area contributed by atoms with E-state index in [0.717, 1.165) is 47.9 Å². The molecule has 2 amide bonds. The number of benzene rings is 3. The minimum atomic E-state index is -1.21. The Balaban J connectivity index is 1.44. The second-order valence-corrected chi connectivity index (χ2v) is 15.8. The van der Waals surface area contributed by atoms with Crippen LogP contribution in [0.25, 0.3) is 11.1 Å². The molecule has 2 bridgehead atoms. The first-order chi connectivity index (χ1) is 24.5. The Morgan fingerprint density at radius 1 is 0.980 bits per heavy atom. The van der Waals surface area contributed by atoms with E-state index < -0.39 is 17.1 Å². The molecule has 0 aromatic heterocycles. The minimum Gasteiger partial charge on any atom is -0.393 e. The molecule has 3 N–H and O–H groups in total. The summed E-state index contributed by atoms with van der Waals surface area (Å²) in [5, 5.41) is 27.1. The van der Waals surface area contributed by atoms with Gasteiger partial charge in [-0.1, -0.05) is 85.3 Å². The van der Waals surface area contributed by atoms with Crippen molar-refractivity contribution in [1.29, 1.82) is 0 Å². The quantitative estimate of drug-likeness (QED) is 0.163. The van der Waals surface area contributed by atoms with Crippen molar-refractivity contribution >= 4 is 11.8 Å². The Labute approximate surface area is 304 Å². The van der Waals surface area contributed by atoms with Gasteiger partial charge in [-0.05, 0) is 113 Å². The van der Waals surface area contributed by atoms with Gasteiger partial charge in [-0.15, -0.1) is 0 Å². The van der Waals surface area contributed by atoms with Crippen LogP contribution in [0.5, 0.6) is 0 Å². The van der Waals surface area contributed by atoms with Gasteiger partial charge in [-0.25, -0.2) is 4.79 Å². The molecule has 51 heavy (non-hydrogen) atoms. The molecular weight excluding hydrogens is 636 g/mol. The molecule has 1 heterocycles. The van der Waals surface area contributed by atoms with Crippen LogP contribution in [0.4, 0.5) is 4.79 Å². The fourth-order valence-corrected chi connectivity index (χ4v) is 8.80. The molecule has 4 aliphatic rings. The van der Waals surface area contributed by atoms with Gasteiger partial charge in [0.15, 0.2) is 5.78 Å². The van der Waals surface area contributed by atoms with Gasteiger partial charge < -0.3 is 25.2 Å². The number of ether oxygens (including phenoxy) is 1. The van der Waals surface area contributed by atoms with Crippen LogP contribution in [-0.4, -0.2) is 70.5 Å². The van der Waals surface area contributed by atoms with E-state index in [9.17, 15) is 19.8 Å². The van der Waals surface area contributed by atoms with Crippen molar-refractivity contribution in [2.45, 2.75) is 115 Å². The van der Waals surface area contributed by atoms with Crippen LogP contribution in [0, 0.1) is 5.41 Å². The summed E-state index contributed by atoms with van der Waals surface area (Å²) in [6.07, 6.45) is 8.04. The van der Waals surface area contributed by atoms with Crippen LogP contribution in [0.3, 0.4) is 0 Å². The summed E-state index contributed by atoms with van der Waals surface area (Å²) in [4.78, 5) is 30.4. The molecular formula is C44H56N2O5. The molecule has 7 nitrogen and oxygen atoms in total. The number of hydrogen-bond acceptors (Lipinski definition) is 5. The second-order valence-electron chi connectivity index (χ2n) is 15.8. The van der Waals surface area contributed by atoms with Crippen LogP contribution in [-0.2, 0) is 11.2 Å². The highest BCUT2D eigenvalue weighted by Crippen LogP contribution is 2.59. The van der Waals surface area contributed by atoms with Crippen LogP contribution in [0.1, 0.15) is 112 Å². The maximum absolute atomic E-state index is 14.9. The largest absolute Gasteiger partial charge is 0.393 e. The van der Waals surface area contributed by atoms with Crippen molar-refractivity contribution in [3.8, 4) is 11.1 Å². The van der Waals surface area contributed by atoms with Gasteiger partial charge in [0.2, 0.25) is 0 Å². The number of ketones is 1. The van der Waals surface area contributed by atoms with Crippen LogP contribution in [0.2, 0.25) is 0 Å². The lowest BCUT2D eigenvalue weighted by molar-refractivity contribution is -0.0808. The van der Waals surface area contributed by atoms with Crippen molar-refractivity contribution in [1.82, 2.24) is 10.2 Å². The number of rotatable bonds is 8. The molecule has 7 heteroatoms. The van der Waals surface area contributed by atoms with Gasteiger partial charge >= 0.3 is 6.03 Å². The molecule has 2 fully saturated rings. The Kier molecular flexibility index (Phi) is 11.5. The fraction of sp³-hybridized carbons (Fsp3) is 0.500. The molecule has 5 atom stereocenters. The first kappa shape index (κ1) is 37.0. The first-order valence-electron chi connectivity index (χ1n) is 19.0. The lowest BCUT2D eigenvalue weighted by Crippen LogP contribution is -2.57. The van der Waals surface area contributed by atoms with Crippen LogP contribution >= 0.6 is 0 Å². The Morgan fingerprint density at radius 3 is 2.49 bits per heavy atom. The maximum Gasteiger partial charge on any atom is 0.317 e. The Bertz CT molecular complexity index is 1710. The van der Waals surface area contributed by atoms with Crippen molar-refractivity contribution in [3.05, 3.63) is 107 Å². The topological polar surface area (TPSA) is 99.1 Å². The molecule has 0 radical (unpaired) electrons. The average Bonchev–Trinajstić information content (AvgIpc) is 3.72. The predicted octanol–water partition coefficient (Wildman–Crippen LogP) is 8.22. The second kappa shape index (κ2) is 15.9. The van der Waals surface area contributed by atoms with E-state index in [2.05, 4.69) is 37.4 Å². The molecule has 0 unspecified atom stereocenters. The van der Waals surface area contributed by atoms with E-state index >= 15 is 0 Å². The third-order valence-corrected chi connectivity index (χ3v) is 11.8. The van der Waals surface area contributed by atoms with E-state index in [0.29, 0.717) is 56.4 Å². The molecule has 3 aromatic rings. The summed E-state index contributed by atoms with van der Waals surface area (Å²) >= 11 is 0. The van der Waals surface area contributed by atoms with E-state index in [1.165, 1.54) is 5.57 Å². The number of carbonyl (C=O) groups excluding carboxylic acids is 2. The zero-order valence-corrected chi connectivity index (χ0v) is 30.9. The predicted molar refractivity (Wildman–Crippen MR) is 203 cm³/mol. The Hall–Kier alpha value is -3.78. The number of nitrogens with zero attached hydrogens (tertiary/aromatic N) is 1. The summed E-state index contributed by atoms with van der Waals surface area (Å²) < 4.78 is 5.98. The molecule has 7 rings (SSSR count). The SMILES string of the molecule is CC1=CCC[C@@]2(C)[C@@H](CC[C@@]2(O)CN(C[C@H]2CCCO2)C(=O)NC(C)C)c2ccc(cc2C(=O)c2ccccc2-c2ccccc2)C[C@@H](O)CC1. The molecule has 272 valence electrons. The van der Waals surface area contributed by atoms with Gasteiger partial charge in [-0.3, -0.25) is 4.79 Å². The van der Waals surface area contributed by atoms with E-state index in [1.54, 1.807) is 4.90 Å². The number of fused-ring (bicyclic) bond motifs is 8. The van der Waals surface area contributed by atoms with Crippen molar-refractivity contribution in [3.63, 3.8) is 0 Å². The van der Waals surface area contributed by atoms with Gasteiger partial charge in [-0.2, -0.15) is 0 Å². The lowest BCUT2D eigenvalue weighted by Gasteiger charge is -2.46. The maximum atomic E-state index is 14.9. The molecule has 1 aliphatic heterocycles. The highest BCUT2D eigenvalue weighted by Gasteiger charge is 2.58. The summed E-state index contributed by atoms with van der Waals surface area (Å²) in [7, 11) is 0. The van der Waals surface area contributed by atoms with E-state index in [1.807, 2.05) is 74.5 Å². The number of hydrogen-bond donors (Lipinski definition) is 3. The van der Waals surface area contributed by atoms with Gasteiger partial charge in [0, 0.05) is 35.7 Å². The molecule has 0 spiro atoms. The van der Waals surface area contributed by atoms with Crippen molar-refractivity contribution in [2.75, 3.05) is 19.7 Å². The fourth-order valence-electron chi connectivity index (χ4n) is 8.80. The third-order valence-electron chi connectivity index (χ3n) is 11.8. The standard InChI is InChI=1S/C44H56N2O5/c1-30(2)45-42(49)46(28-35-15-11-25-51-35)29-44(50)24-22-40-37-21-19-32(26-34(47)20-18-31(3)12-10-23-43(40,44)4)27-39(37)41(48)38-17-9-8-16-36(38)33-13-6-5-7-14-33/h5-9,12-14,16-17,19,21,27,30,34-35,40,47,50H,10-11,15,18,20,22-26,28-29H2,1-4H3,(H,45,49)/t34-,35+,40-,43-,44+/m0/s1. The minimum absolute atomic E-state index is 0.0436. The number of nitrogens with one attached hydrogen (secondary N) is 1. The van der Waals surface area contributed by atoms with Gasteiger partial charge in [0.25, 0.3) is 0 Å². The molecule has 1 saturated heterocycles. The number of carbonyl (C=O) groups is 2. The Morgan fingerprint density at radius 2 is 1.75 bits per heavy atom. The van der Waals surface area contributed by atoms with Crippen molar-refractivity contribution < 1.29 is 24.5 Å². The monoisotopic (exact) mass is 692 g/mol. The number of urea groups is 1. The summed E-state index contributed by atoms with van der Waals surface area (Å²) in [5.41, 5.74) is 4.32. The van der Waals surface area contributed by atoms with E-state index in [-0.39, 0.29) is 36.4 Å². The number of aliphatic hydroxyl groups is 2.